The van der Waals surface area contributed by atoms with E-state index in [2.05, 4.69) is 23.7 Å². The van der Waals surface area contributed by atoms with Crippen LogP contribution in [-0.4, -0.2) is 63.1 Å². The lowest BCUT2D eigenvalue weighted by atomic mass is 10.1. The van der Waals surface area contributed by atoms with Gasteiger partial charge in [-0.05, 0) is 49.9 Å². The minimum atomic E-state index is 0.167. The first-order chi connectivity index (χ1) is 19.8. The lowest BCUT2D eigenvalue weighted by Gasteiger charge is -2.14. The van der Waals surface area contributed by atoms with Crippen molar-refractivity contribution >= 4 is 0 Å². The molecule has 0 spiro atoms. The summed E-state index contributed by atoms with van der Waals surface area (Å²) in [4.78, 5) is 0. The minimum absolute atomic E-state index is 0.167. The van der Waals surface area contributed by atoms with Gasteiger partial charge in [0.1, 0.15) is 24.7 Å². The smallest absolute Gasteiger partial charge is 0.136 e. The third kappa shape index (κ3) is 11.9. The second kappa shape index (κ2) is 19.3. The summed E-state index contributed by atoms with van der Waals surface area (Å²) in [6, 6.07) is 23.3. The van der Waals surface area contributed by atoms with Crippen LogP contribution in [0.15, 0.2) is 72.8 Å². The summed E-state index contributed by atoms with van der Waals surface area (Å²) in [5.74, 6) is 14.1. The third-order valence-corrected chi connectivity index (χ3v) is 5.68. The van der Waals surface area contributed by atoms with Gasteiger partial charge < -0.3 is 29.2 Å². The van der Waals surface area contributed by atoms with Gasteiger partial charge in [0.25, 0.3) is 0 Å². The lowest BCUT2D eigenvalue weighted by molar-refractivity contribution is 0.0931. The first-order valence-corrected chi connectivity index (χ1v) is 13.7. The summed E-state index contributed by atoms with van der Waals surface area (Å²) in [6.07, 6.45) is 3.05. The van der Waals surface area contributed by atoms with Crippen molar-refractivity contribution in [3.63, 3.8) is 0 Å². The number of aliphatic hydroxyl groups is 2. The molecule has 0 radical (unpaired) electrons. The van der Waals surface area contributed by atoms with Gasteiger partial charge in [-0.25, -0.2) is 0 Å². The summed E-state index contributed by atoms with van der Waals surface area (Å²) in [5.41, 5.74) is 3.17. The normalized spacial score (nSPS) is 10.2. The topological polar surface area (TPSA) is 77.4 Å². The summed E-state index contributed by atoms with van der Waals surface area (Å²) < 4.78 is 23.5. The Bertz CT molecular complexity index is 1140. The molecule has 0 fully saturated rings. The van der Waals surface area contributed by atoms with Gasteiger partial charge in [0.05, 0.1) is 24.3 Å². The molecule has 40 heavy (non-hydrogen) atoms. The van der Waals surface area contributed by atoms with Crippen molar-refractivity contribution in [2.45, 2.75) is 25.7 Å². The van der Waals surface area contributed by atoms with Crippen LogP contribution in [0.2, 0.25) is 0 Å². The van der Waals surface area contributed by atoms with Gasteiger partial charge in [-0.1, -0.05) is 60.1 Å². The third-order valence-electron chi connectivity index (χ3n) is 5.68. The molecular formula is C34H38O6. The number of benzene rings is 3. The highest BCUT2D eigenvalue weighted by Gasteiger charge is 2.11. The molecule has 0 aromatic heterocycles. The highest BCUT2D eigenvalue weighted by molar-refractivity contribution is 5.60. The molecule has 6 heteroatoms. The van der Waals surface area contributed by atoms with Crippen LogP contribution in [0.4, 0.5) is 0 Å². The number of hydrogen-bond donors (Lipinski definition) is 2. The molecule has 0 heterocycles. The number of unbranched alkanes of at least 4 members (excludes halogenated alkanes) is 2. The molecule has 0 saturated heterocycles. The van der Waals surface area contributed by atoms with Crippen molar-refractivity contribution in [2.75, 3.05) is 52.9 Å². The molecule has 0 aliphatic heterocycles. The molecule has 2 N–H and O–H groups in total. The maximum absolute atomic E-state index is 8.93. The van der Waals surface area contributed by atoms with E-state index in [1.54, 1.807) is 0 Å². The summed E-state index contributed by atoms with van der Waals surface area (Å²) in [5, 5.41) is 17.9. The van der Waals surface area contributed by atoms with Gasteiger partial charge in [0.15, 0.2) is 0 Å². The zero-order valence-corrected chi connectivity index (χ0v) is 22.9. The van der Waals surface area contributed by atoms with E-state index in [-0.39, 0.29) is 13.2 Å². The van der Waals surface area contributed by atoms with Crippen LogP contribution in [0.1, 0.15) is 47.9 Å². The Hall–Kier alpha value is -3.78. The molecule has 0 aliphatic rings. The molecule has 0 atom stereocenters. The predicted octanol–water partition coefficient (Wildman–Crippen LogP) is 4.82. The van der Waals surface area contributed by atoms with E-state index in [4.69, 9.17) is 29.2 Å². The van der Waals surface area contributed by atoms with Gasteiger partial charge in [0.2, 0.25) is 0 Å². The quantitative estimate of drug-likeness (QED) is 0.200. The molecule has 0 saturated carbocycles. The van der Waals surface area contributed by atoms with Crippen molar-refractivity contribution in [3.05, 3.63) is 95.1 Å². The van der Waals surface area contributed by atoms with Crippen LogP contribution in [-0.2, 0) is 9.47 Å². The summed E-state index contributed by atoms with van der Waals surface area (Å²) in [7, 11) is 0. The Morgan fingerprint density at radius 1 is 0.475 bits per heavy atom. The lowest BCUT2D eigenvalue weighted by Crippen LogP contribution is -2.10. The number of ether oxygens (including phenoxy) is 4. The Morgan fingerprint density at radius 3 is 1.30 bits per heavy atom. The molecular weight excluding hydrogens is 504 g/mol. The standard InChI is InChI=1S/C34H38O6/c35-19-7-9-21-37-23-25-39-33-28-32(18-16-30-13-5-2-6-14-30)34(40-26-24-38-22-10-8-20-36)27-31(33)17-15-29-11-3-1-4-12-29/h1-6,11-14,27-28,35-36H,7-10,19-26H2. The van der Waals surface area contributed by atoms with E-state index < -0.39 is 0 Å². The molecule has 3 rings (SSSR count). The van der Waals surface area contributed by atoms with Crippen molar-refractivity contribution < 1.29 is 29.2 Å². The predicted molar refractivity (Wildman–Crippen MR) is 157 cm³/mol. The van der Waals surface area contributed by atoms with Crippen LogP contribution in [0.5, 0.6) is 11.5 Å². The van der Waals surface area contributed by atoms with E-state index >= 15 is 0 Å². The highest BCUT2D eigenvalue weighted by Crippen LogP contribution is 2.29. The Labute approximate surface area is 237 Å². The highest BCUT2D eigenvalue weighted by atomic mass is 16.5. The molecule has 0 amide bonds. The second-order valence-corrected chi connectivity index (χ2v) is 8.86. The minimum Gasteiger partial charge on any atom is -0.490 e. The number of hydrogen-bond acceptors (Lipinski definition) is 6. The molecule has 3 aromatic rings. The number of rotatable bonds is 16. The Kier molecular flexibility index (Phi) is 14.8. The Morgan fingerprint density at radius 2 is 0.900 bits per heavy atom. The molecule has 3 aromatic carbocycles. The molecule has 0 unspecified atom stereocenters. The van der Waals surface area contributed by atoms with E-state index in [9.17, 15) is 0 Å². The summed E-state index contributed by atoms with van der Waals surface area (Å²) in [6.45, 7) is 3.04. The van der Waals surface area contributed by atoms with Crippen molar-refractivity contribution in [2.24, 2.45) is 0 Å². The zero-order valence-electron chi connectivity index (χ0n) is 22.9. The van der Waals surface area contributed by atoms with E-state index in [1.165, 1.54) is 0 Å². The Balaban J connectivity index is 1.83. The van der Waals surface area contributed by atoms with Crippen LogP contribution in [0, 0.1) is 23.7 Å². The SMILES string of the molecule is OCCCCOCCOc1cc(C#Cc2ccccc2)c(OCCOCCCCO)cc1C#Cc1ccccc1. The molecule has 210 valence electrons. The van der Waals surface area contributed by atoms with Gasteiger partial charge in [0, 0.05) is 49.7 Å². The fourth-order valence-electron chi connectivity index (χ4n) is 3.57. The first-order valence-electron chi connectivity index (χ1n) is 13.7. The van der Waals surface area contributed by atoms with Crippen molar-refractivity contribution in [3.8, 4) is 35.2 Å². The number of aliphatic hydroxyl groups excluding tert-OH is 2. The van der Waals surface area contributed by atoms with E-state index in [0.29, 0.717) is 62.3 Å². The average molecular weight is 543 g/mol. The van der Waals surface area contributed by atoms with Crippen LogP contribution < -0.4 is 9.47 Å². The van der Waals surface area contributed by atoms with Gasteiger partial charge >= 0.3 is 0 Å². The molecule has 6 nitrogen and oxygen atoms in total. The van der Waals surface area contributed by atoms with E-state index in [0.717, 1.165) is 36.8 Å². The molecule has 0 bridgehead atoms. The monoisotopic (exact) mass is 542 g/mol. The van der Waals surface area contributed by atoms with Crippen LogP contribution in [0.3, 0.4) is 0 Å². The van der Waals surface area contributed by atoms with Crippen molar-refractivity contribution in [1.82, 2.24) is 0 Å². The van der Waals surface area contributed by atoms with Crippen molar-refractivity contribution in [1.29, 1.82) is 0 Å². The van der Waals surface area contributed by atoms with Gasteiger partial charge in [-0.3, -0.25) is 0 Å². The van der Waals surface area contributed by atoms with E-state index in [1.807, 2.05) is 72.8 Å². The maximum Gasteiger partial charge on any atom is 0.136 e. The fourth-order valence-corrected chi connectivity index (χ4v) is 3.57. The largest absolute Gasteiger partial charge is 0.490 e. The van der Waals surface area contributed by atoms with Gasteiger partial charge in [-0.2, -0.15) is 0 Å². The van der Waals surface area contributed by atoms with Crippen LogP contribution >= 0.6 is 0 Å². The first kappa shape index (κ1) is 30.8. The van der Waals surface area contributed by atoms with Gasteiger partial charge in [-0.15, -0.1) is 0 Å². The van der Waals surface area contributed by atoms with Crippen LogP contribution in [0.25, 0.3) is 0 Å². The maximum atomic E-state index is 8.93. The summed E-state index contributed by atoms with van der Waals surface area (Å²) >= 11 is 0. The molecule has 0 aliphatic carbocycles. The average Bonchev–Trinajstić information content (AvgIpc) is 3.00. The zero-order chi connectivity index (χ0) is 28.1. The second-order valence-electron chi connectivity index (χ2n) is 8.86. The fraction of sp³-hybridized carbons (Fsp3) is 0.353.